The number of aromatic carboxylic acids is 1. The number of methoxy groups -OCH3 is 1. The normalized spacial score (nSPS) is 10.6. The van der Waals surface area contributed by atoms with Crippen LogP contribution < -0.4 is 14.9 Å². The van der Waals surface area contributed by atoms with Crippen LogP contribution in [0.2, 0.25) is 0 Å². The van der Waals surface area contributed by atoms with Gasteiger partial charge in [0.15, 0.2) is 5.75 Å². The molecule has 0 atom stereocenters. The zero-order valence-electron chi connectivity index (χ0n) is 14.8. The van der Waals surface area contributed by atoms with Crippen LogP contribution in [0, 0.1) is 10.1 Å². The summed E-state index contributed by atoms with van der Waals surface area (Å²) in [5, 5.41) is 24.2. The Labute approximate surface area is 155 Å². The van der Waals surface area contributed by atoms with E-state index in [1.165, 1.54) is 31.5 Å². The van der Waals surface area contributed by atoms with Crippen LogP contribution in [0.3, 0.4) is 0 Å². The summed E-state index contributed by atoms with van der Waals surface area (Å²) in [6, 6.07) is 8.92. The number of rotatable bonds is 9. The highest BCUT2D eigenvalue weighted by molar-refractivity contribution is 5.88. The zero-order valence-corrected chi connectivity index (χ0v) is 14.8. The quantitative estimate of drug-likeness (QED) is 0.391. The number of nitrogens with one attached hydrogen (secondary N) is 1. The molecule has 0 aliphatic carbocycles. The van der Waals surface area contributed by atoms with Crippen molar-refractivity contribution in [2.45, 2.75) is 13.3 Å². The van der Waals surface area contributed by atoms with E-state index < -0.39 is 10.9 Å². The van der Waals surface area contributed by atoms with Gasteiger partial charge in [-0.2, -0.15) is 5.10 Å². The molecule has 0 unspecified atom stereocenters. The van der Waals surface area contributed by atoms with Gasteiger partial charge in [0.2, 0.25) is 5.75 Å². The van der Waals surface area contributed by atoms with E-state index in [-0.39, 0.29) is 22.7 Å². The summed E-state index contributed by atoms with van der Waals surface area (Å²) >= 11 is 0. The van der Waals surface area contributed by atoms with E-state index in [9.17, 15) is 14.9 Å². The lowest BCUT2D eigenvalue weighted by Gasteiger charge is -2.11. The number of nitro groups is 1. The fourth-order valence-corrected chi connectivity index (χ4v) is 2.19. The van der Waals surface area contributed by atoms with Crippen molar-refractivity contribution in [3.05, 3.63) is 57.6 Å². The number of hydrogen-bond donors (Lipinski definition) is 2. The molecule has 0 saturated carbocycles. The standard InChI is InChI=1S/C18H19N3O6/c1-3-8-27-17-15(21(24)25)9-12(10-16(17)26-2)11-19-20-14-6-4-13(5-7-14)18(22)23/h4-7,9-11,20H,3,8H2,1-2H3,(H,22,23). The Morgan fingerprint density at radius 3 is 2.59 bits per heavy atom. The Hall–Kier alpha value is -3.62. The second kappa shape index (κ2) is 9.18. The first-order chi connectivity index (χ1) is 13.0. The first kappa shape index (κ1) is 19.7. The predicted molar refractivity (Wildman–Crippen MR) is 100 cm³/mol. The van der Waals surface area contributed by atoms with Gasteiger partial charge in [0.05, 0.1) is 36.1 Å². The van der Waals surface area contributed by atoms with Crippen LogP contribution in [0.1, 0.15) is 29.3 Å². The average Bonchev–Trinajstić information content (AvgIpc) is 2.66. The summed E-state index contributed by atoms with van der Waals surface area (Å²) in [6.07, 6.45) is 2.10. The Morgan fingerprint density at radius 2 is 2.04 bits per heavy atom. The molecule has 0 heterocycles. The van der Waals surface area contributed by atoms with E-state index >= 15 is 0 Å². The maximum atomic E-state index is 11.3. The minimum Gasteiger partial charge on any atom is -0.493 e. The second-order valence-electron chi connectivity index (χ2n) is 5.43. The molecule has 0 aliphatic heterocycles. The Balaban J connectivity index is 2.22. The lowest BCUT2D eigenvalue weighted by atomic mass is 10.2. The lowest BCUT2D eigenvalue weighted by molar-refractivity contribution is -0.386. The third-order valence-electron chi connectivity index (χ3n) is 3.46. The molecule has 9 nitrogen and oxygen atoms in total. The molecular formula is C18H19N3O6. The number of nitro benzene ring substituents is 1. The number of nitrogens with zero attached hydrogens (tertiary/aromatic N) is 2. The van der Waals surface area contributed by atoms with Gasteiger partial charge in [0, 0.05) is 11.6 Å². The van der Waals surface area contributed by atoms with E-state index in [1.54, 1.807) is 18.2 Å². The minimum absolute atomic E-state index is 0.0821. The van der Waals surface area contributed by atoms with Crippen molar-refractivity contribution >= 4 is 23.6 Å². The monoisotopic (exact) mass is 373 g/mol. The van der Waals surface area contributed by atoms with Gasteiger partial charge in [-0.1, -0.05) is 6.92 Å². The van der Waals surface area contributed by atoms with Crippen LogP contribution in [0.25, 0.3) is 0 Å². The topological polar surface area (TPSA) is 123 Å². The molecule has 0 fully saturated rings. The SMILES string of the molecule is CCCOc1c(OC)cc(C=NNc2ccc(C(=O)O)cc2)cc1[N+](=O)[O-]. The van der Waals surface area contributed by atoms with Crippen molar-refractivity contribution in [3.63, 3.8) is 0 Å². The van der Waals surface area contributed by atoms with Crippen molar-refractivity contribution in [1.29, 1.82) is 0 Å². The van der Waals surface area contributed by atoms with Crippen LogP contribution in [0.5, 0.6) is 11.5 Å². The number of anilines is 1. The second-order valence-corrected chi connectivity index (χ2v) is 5.43. The summed E-state index contributed by atoms with van der Waals surface area (Å²) in [6.45, 7) is 2.23. The predicted octanol–water partition coefficient (Wildman–Crippen LogP) is 3.54. The lowest BCUT2D eigenvalue weighted by Crippen LogP contribution is -2.03. The Kier molecular flexibility index (Phi) is 6.70. The smallest absolute Gasteiger partial charge is 0.335 e. The van der Waals surface area contributed by atoms with Crippen molar-refractivity contribution in [1.82, 2.24) is 0 Å². The molecule has 0 saturated heterocycles. The summed E-state index contributed by atoms with van der Waals surface area (Å²) in [4.78, 5) is 21.6. The van der Waals surface area contributed by atoms with Crippen LogP contribution >= 0.6 is 0 Å². The largest absolute Gasteiger partial charge is 0.493 e. The van der Waals surface area contributed by atoms with Gasteiger partial charge in [-0.15, -0.1) is 0 Å². The molecule has 0 amide bonds. The first-order valence-corrected chi connectivity index (χ1v) is 8.08. The van der Waals surface area contributed by atoms with Crippen LogP contribution in [-0.4, -0.2) is 35.9 Å². The number of carboxylic acids is 1. The molecule has 0 radical (unpaired) electrons. The molecule has 2 aromatic carbocycles. The van der Waals surface area contributed by atoms with Gasteiger partial charge in [-0.3, -0.25) is 15.5 Å². The molecule has 0 aromatic heterocycles. The molecule has 2 rings (SSSR count). The van der Waals surface area contributed by atoms with Gasteiger partial charge in [0.25, 0.3) is 0 Å². The van der Waals surface area contributed by atoms with Gasteiger partial charge in [0.1, 0.15) is 0 Å². The number of hydrazone groups is 1. The number of hydrogen-bond acceptors (Lipinski definition) is 7. The zero-order chi connectivity index (χ0) is 19.8. The summed E-state index contributed by atoms with van der Waals surface area (Å²) in [5.41, 5.74) is 3.69. The summed E-state index contributed by atoms with van der Waals surface area (Å²) in [5.74, 6) is -0.696. The molecule has 142 valence electrons. The van der Waals surface area contributed by atoms with Gasteiger partial charge < -0.3 is 14.6 Å². The Morgan fingerprint density at radius 1 is 1.33 bits per heavy atom. The maximum absolute atomic E-state index is 11.3. The van der Waals surface area contributed by atoms with E-state index in [0.29, 0.717) is 24.3 Å². The average molecular weight is 373 g/mol. The number of benzene rings is 2. The molecular weight excluding hydrogens is 354 g/mol. The Bertz CT molecular complexity index is 849. The fourth-order valence-electron chi connectivity index (χ4n) is 2.19. The van der Waals surface area contributed by atoms with E-state index in [0.717, 1.165) is 0 Å². The summed E-state index contributed by atoms with van der Waals surface area (Å²) < 4.78 is 10.7. The van der Waals surface area contributed by atoms with E-state index in [4.69, 9.17) is 14.6 Å². The summed E-state index contributed by atoms with van der Waals surface area (Å²) in [7, 11) is 1.40. The fraction of sp³-hybridized carbons (Fsp3) is 0.222. The molecule has 2 aromatic rings. The van der Waals surface area contributed by atoms with Gasteiger partial charge in [-0.25, -0.2) is 4.79 Å². The van der Waals surface area contributed by atoms with E-state index in [2.05, 4.69) is 10.5 Å². The molecule has 27 heavy (non-hydrogen) atoms. The third-order valence-corrected chi connectivity index (χ3v) is 3.46. The van der Waals surface area contributed by atoms with Crippen LogP contribution in [-0.2, 0) is 0 Å². The third kappa shape index (κ3) is 5.18. The molecule has 0 bridgehead atoms. The number of ether oxygens (including phenoxy) is 2. The van der Waals surface area contributed by atoms with Gasteiger partial charge >= 0.3 is 11.7 Å². The molecule has 2 N–H and O–H groups in total. The molecule has 0 aliphatic rings. The highest BCUT2D eigenvalue weighted by atomic mass is 16.6. The van der Waals surface area contributed by atoms with E-state index in [1.807, 2.05) is 6.92 Å². The van der Waals surface area contributed by atoms with Crippen LogP contribution in [0.4, 0.5) is 11.4 Å². The molecule has 9 heteroatoms. The molecule has 0 spiro atoms. The van der Waals surface area contributed by atoms with Crippen molar-refractivity contribution in [2.75, 3.05) is 19.1 Å². The van der Waals surface area contributed by atoms with Crippen molar-refractivity contribution < 1.29 is 24.3 Å². The highest BCUT2D eigenvalue weighted by Gasteiger charge is 2.21. The maximum Gasteiger partial charge on any atom is 0.335 e. The first-order valence-electron chi connectivity index (χ1n) is 8.08. The van der Waals surface area contributed by atoms with Crippen molar-refractivity contribution in [3.8, 4) is 11.5 Å². The minimum atomic E-state index is -1.02. The van der Waals surface area contributed by atoms with Crippen molar-refractivity contribution in [2.24, 2.45) is 5.10 Å². The number of carboxylic acid groups (broad SMARTS) is 1. The van der Waals surface area contributed by atoms with Crippen LogP contribution in [0.15, 0.2) is 41.5 Å². The number of carbonyl (C=O) groups is 1. The highest BCUT2D eigenvalue weighted by Crippen LogP contribution is 2.38. The van der Waals surface area contributed by atoms with Gasteiger partial charge in [-0.05, 0) is 36.8 Å².